The first-order valence-electron chi connectivity index (χ1n) is 15.7. The van der Waals surface area contributed by atoms with Crippen molar-refractivity contribution < 1.29 is 14.6 Å². The summed E-state index contributed by atoms with van der Waals surface area (Å²) in [5.74, 6) is -0.0890. The van der Waals surface area contributed by atoms with E-state index in [1.807, 2.05) is 13.0 Å². The number of nitrogens with zero attached hydrogens (tertiary/aromatic N) is 5. The summed E-state index contributed by atoms with van der Waals surface area (Å²) in [4.78, 5) is 27.7. The lowest BCUT2D eigenvalue weighted by Crippen LogP contribution is -2.16. The molecule has 45 heavy (non-hydrogen) atoms. The number of hydrogen-bond donors (Lipinski definition) is 2. The zero-order valence-electron chi connectivity index (χ0n) is 26.5. The Hall–Kier alpha value is -4.11. The van der Waals surface area contributed by atoms with Crippen LogP contribution in [0, 0.1) is 11.8 Å². The van der Waals surface area contributed by atoms with Gasteiger partial charge in [0.1, 0.15) is 5.76 Å². The van der Waals surface area contributed by atoms with Crippen LogP contribution in [0.5, 0.6) is 0 Å². The van der Waals surface area contributed by atoms with E-state index in [0.29, 0.717) is 35.9 Å². The molecule has 0 spiro atoms. The second kappa shape index (κ2) is 11.1. The number of allylic oxidation sites excluding steroid dienone is 11. The Kier molecular flexibility index (Phi) is 7.27. The van der Waals surface area contributed by atoms with Gasteiger partial charge < -0.3 is 15.2 Å². The largest absolute Gasteiger partial charge is 0.511 e. The molecule has 6 heterocycles. The zero-order valence-corrected chi connectivity index (χ0v) is 27.3. The molecule has 0 aromatic heterocycles. The van der Waals surface area contributed by atoms with Gasteiger partial charge in [-0.05, 0) is 74.5 Å². The van der Waals surface area contributed by atoms with Gasteiger partial charge in [-0.2, -0.15) is 10.2 Å². The van der Waals surface area contributed by atoms with E-state index in [1.165, 1.54) is 7.11 Å². The van der Waals surface area contributed by atoms with Gasteiger partial charge in [0.15, 0.2) is 0 Å². The molecule has 3 atom stereocenters. The number of esters is 1. The highest BCUT2D eigenvalue weighted by Gasteiger charge is 2.43. The topological polar surface area (TPSA) is 120 Å². The quantitative estimate of drug-likeness (QED) is 0.310. The number of aliphatic imine (C=N–C) groups is 3. The van der Waals surface area contributed by atoms with E-state index in [9.17, 15) is 9.90 Å². The Bertz CT molecular complexity index is 1860. The first kappa shape index (κ1) is 29.6. The SMILES string of the molecule is CCC1=C(C)C2=NC1=CC1=C(C)C3=C(O)CC(=C4NC(=C(Cl)C5=NC(=C2)C(C2CCN=N2)=C5C)[C@@H](C)[C@@H]4CCC(=O)OC)C3=N1. The average molecular weight is 625 g/mol. The first-order valence-corrected chi connectivity index (χ1v) is 16.1. The molecule has 1 aliphatic carbocycles. The fourth-order valence-electron chi connectivity index (χ4n) is 7.61. The van der Waals surface area contributed by atoms with Crippen molar-refractivity contribution in [1.29, 1.82) is 0 Å². The van der Waals surface area contributed by atoms with E-state index in [1.54, 1.807) is 0 Å². The Balaban J connectivity index is 1.48. The number of aliphatic hydroxyl groups is 1. The maximum absolute atomic E-state index is 12.3. The number of azo groups is 1. The van der Waals surface area contributed by atoms with Gasteiger partial charge in [0.2, 0.25) is 0 Å². The number of carbonyl (C=O) groups is 1. The molecule has 0 saturated carbocycles. The molecule has 1 saturated heterocycles. The number of fused-ring (bicyclic) bond motifs is 5. The Labute approximate surface area is 268 Å². The van der Waals surface area contributed by atoms with Crippen LogP contribution in [0.2, 0.25) is 0 Å². The molecular formula is C35H37ClN6O3. The molecule has 2 N–H and O–H groups in total. The summed E-state index contributed by atoms with van der Waals surface area (Å²) in [6.07, 6.45) is 6.91. The van der Waals surface area contributed by atoms with Crippen molar-refractivity contribution in [2.24, 2.45) is 37.0 Å². The third-order valence-electron chi connectivity index (χ3n) is 10.1. The molecule has 0 radical (unpaired) electrons. The first-order chi connectivity index (χ1) is 21.6. The maximum atomic E-state index is 12.3. The Morgan fingerprint density at radius 1 is 1.07 bits per heavy atom. The molecule has 232 valence electrons. The Morgan fingerprint density at radius 2 is 1.87 bits per heavy atom. The van der Waals surface area contributed by atoms with E-state index in [4.69, 9.17) is 31.3 Å². The normalized spacial score (nSPS) is 27.2. The number of nitrogens with one attached hydrogen (secondary N) is 1. The summed E-state index contributed by atoms with van der Waals surface area (Å²) in [7, 11) is 1.41. The van der Waals surface area contributed by atoms with Gasteiger partial charge in [-0.3, -0.25) is 4.79 Å². The standard InChI is InChI=1S/C35H37ClN6O3/c1-7-19-15(2)23-14-26-29(22-10-11-37-42-22)18(5)33(40-26)31(36)32-16(3)20(8-9-28(44)45-6)34(41-32)21-12-27(43)30-17(4)24(39-35(21)30)13-25(19)38-23/h13-14,16,20,22,41,43H,7-12H2,1-6H3/t16-,20-,22?/m0/s1. The third kappa shape index (κ3) is 4.57. The monoisotopic (exact) mass is 624 g/mol. The van der Waals surface area contributed by atoms with Gasteiger partial charge >= 0.3 is 5.97 Å². The van der Waals surface area contributed by atoms with Crippen LogP contribution in [-0.4, -0.2) is 47.9 Å². The van der Waals surface area contributed by atoms with Crippen LogP contribution >= 0.6 is 11.6 Å². The van der Waals surface area contributed by atoms with Crippen LogP contribution < -0.4 is 5.32 Å². The van der Waals surface area contributed by atoms with Crippen LogP contribution in [0.4, 0.5) is 0 Å². The number of carbonyl (C=O) groups excluding carboxylic acids is 1. The summed E-state index contributed by atoms with van der Waals surface area (Å²) in [5.41, 5.74) is 13.5. The number of halogens is 1. The lowest BCUT2D eigenvalue weighted by Gasteiger charge is -2.17. The predicted molar refractivity (Wildman–Crippen MR) is 176 cm³/mol. The average Bonchev–Trinajstić information content (AvgIpc) is 3.85. The number of aliphatic hydroxyl groups excluding tert-OH is 1. The predicted octanol–water partition coefficient (Wildman–Crippen LogP) is 7.40. The minimum Gasteiger partial charge on any atom is -0.511 e. The fourth-order valence-corrected chi connectivity index (χ4v) is 8.02. The third-order valence-corrected chi connectivity index (χ3v) is 10.5. The van der Waals surface area contributed by atoms with Gasteiger partial charge in [0.05, 0.1) is 59.0 Å². The maximum Gasteiger partial charge on any atom is 0.305 e. The van der Waals surface area contributed by atoms with E-state index >= 15 is 0 Å². The van der Waals surface area contributed by atoms with Crippen molar-refractivity contribution in [3.8, 4) is 0 Å². The smallest absolute Gasteiger partial charge is 0.305 e. The van der Waals surface area contributed by atoms with Crippen LogP contribution in [0.1, 0.15) is 66.7 Å². The Morgan fingerprint density at radius 3 is 2.58 bits per heavy atom. The van der Waals surface area contributed by atoms with Crippen LogP contribution in [0.15, 0.2) is 116 Å². The highest BCUT2D eigenvalue weighted by atomic mass is 35.5. The van der Waals surface area contributed by atoms with Crippen LogP contribution in [-0.2, 0) is 9.53 Å². The highest BCUT2D eigenvalue weighted by molar-refractivity contribution is 6.47. The molecule has 0 amide bonds. The van der Waals surface area contributed by atoms with Gasteiger partial charge in [-0.15, -0.1) is 0 Å². The second-order valence-corrected chi connectivity index (χ2v) is 12.9. The van der Waals surface area contributed by atoms with Gasteiger partial charge in [-0.1, -0.05) is 25.4 Å². The molecule has 9 nitrogen and oxygen atoms in total. The van der Waals surface area contributed by atoms with Crippen molar-refractivity contribution in [1.82, 2.24) is 5.32 Å². The van der Waals surface area contributed by atoms with Crippen molar-refractivity contribution in [2.75, 3.05) is 13.7 Å². The highest BCUT2D eigenvalue weighted by Crippen LogP contribution is 2.48. The minimum atomic E-state index is -0.262. The summed E-state index contributed by atoms with van der Waals surface area (Å²) in [6, 6.07) is -0.0925. The van der Waals surface area contributed by atoms with E-state index in [0.717, 1.165) is 91.8 Å². The molecule has 10 heteroatoms. The molecule has 0 aromatic rings. The number of hydrogen-bond acceptors (Lipinski definition) is 9. The number of rotatable bonds is 5. The van der Waals surface area contributed by atoms with Crippen molar-refractivity contribution in [3.63, 3.8) is 0 Å². The minimum absolute atomic E-state index is 0.0556. The zero-order chi connectivity index (χ0) is 31.7. The molecule has 7 rings (SSSR count). The van der Waals surface area contributed by atoms with Gasteiger partial charge in [0, 0.05) is 52.8 Å². The molecule has 1 fully saturated rings. The summed E-state index contributed by atoms with van der Waals surface area (Å²) < 4.78 is 5.00. The molecule has 6 aliphatic heterocycles. The lowest BCUT2D eigenvalue weighted by molar-refractivity contribution is -0.140. The van der Waals surface area contributed by atoms with E-state index < -0.39 is 0 Å². The second-order valence-electron chi connectivity index (χ2n) is 12.5. The van der Waals surface area contributed by atoms with Gasteiger partial charge in [0.25, 0.3) is 0 Å². The fraction of sp³-hybridized carbons (Fsp3) is 0.429. The van der Waals surface area contributed by atoms with Crippen LogP contribution in [0.3, 0.4) is 0 Å². The lowest BCUT2D eigenvalue weighted by atomic mass is 9.86. The molecule has 7 aliphatic rings. The van der Waals surface area contributed by atoms with Gasteiger partial charge in [-0.25, -0.2) is 15.0 Å². The molecular weight excluding hydrogens is 588 g/mol. The number of ether oxygens (including phenoxy) is 1. The number of methoxy groups -OCH3 is 1. The van der Waals surface area contributed by atoms with E-state index in [2.05, 4.69) is 49.3 Å². The summed E-state index contributed by atoms with van der Waals surface area (Å²) >= 11 is 7.34. The molecule has 8 bridgehead atoms. The van der Waals surface area contributed by atoms with Crippen molar-refractivity contribution in [3.05, 3.63) is 90.4 Å². The molecule has 0 aromatic carbocycles. The molecule has 1 unspecified atom stereocenters. The summed E-state index contributed by atoms with van der Waals surface area (Å²) in [5, 5.41) is 24.4. The van der Waals surface area contributed by atoms with Crippen LogP contribution in [0.25, 0.3) is 0 Å². The van der Waals surface area contributed by atoms with Crippen molar-refractivity contribution in [2.45, 2.75) is 72.8 Å². The van der Waals surface area contributed by atoms with Crippen molar-refractivity contribution >= 4 is 34.7 Å². The summed E-state index contributed by atoms with van der Waals surface area (Å²) in [6.45, 7) is 11.1. The van der Waals surface area contributed by atoms with E-state index in [-0.39, 0.29) is 30.3 Å².